The number of aryl methyl sites for hydroxylation is 1. The lowest BCUT2D eigenvalue weighted by molar-refractivity contribution is -0.118. The molecule has 0 bridgehead atoms. The van der Waals surface area contributed by atoms with Crippen molar-refractivity contribution in [1.82, 2.24) is 5.43 Å². The van der Waals surface area contributed by atoms with E-state index in [2.05, 4.69) is 31.8 Å². The van der Waals surface area contributed by atoms with Crippen LogP contribution in [0.3, 0.4) is 0 Å². The highest BCUT2D eigenvalue weighted by molar-refractivity contribution is 9.10. The molecule has 0 radical (unpaired) electrons. The van der Waals surface area contributed by atoms with Crippen LogP contribution < -0.4 is 29.7 Å². The van der Waals surface area contributed by atoms with Crippen LogP contribution in [0.4, 0.5) is 5.69 Å². The number of rotatable bonds is 12. The molecule has 9 nitrogen and oxygen atoms in total. The van der Waals surface area contributed by atoms with E-state index in [-0.39, 0.29) is 12.5 Å². The third-order valence-corrected chi connectivity index (χ3v) is 5.68. The van der Waals surface area contributed by atoms with E-state index in [9.17, 15) is 9.59 Å². The number of carbonyl (C=O) groups is 2. The average Bonchev–Trinajstić information content (AvgIpc) is 2.89. The van der Waals surface area contributed by atoms with Crippen LogP contribution in [0.25, 0.3) is 0 Å². The lowest BCUT2D eigenvalue weighted by atomic mass is 10.2. The number of amides is 2. The van der Waals surface area contributed by atoms with Gasteiger partial charge in [-0.05, 0) is 90.3 Å². The smallest absolute Gasteiger partial charge is 0.271 e. The molecule has 2 amide bonds. The molecule has 0 heterocycles. The van der Waals surface area contributed by atoms with Crippen LogP contribution >= 0.6 is 15.9 Å². The standard InChI is InChI=1S/C28H30BrN3O6/c1-5-36-23-11-10-20(15-24(23)37-6-2)28(34)32-30-16-19-13-22(29)27(25(14-19)35-4)38-17-26(33)31-21-9-7-8-18(3)12-21/h7-16H,5-6,17H2,1-4H3,(H,31,33)(H,32,34)/b30-16+. The number of methoxy groups -OCH3 is 1. The quantitative estimate of drug-likeness (QED) is 0.220. The molecule has 0 atom stereocenters. The van der Waals surface area contributed by atoms with Crippen LogP contribution in [0.2, 0.25) is 0 Å². The van der Waals surface area contributed by atoms with Crippen LogP contribution in [0.5, 0.6) is 23.0 Å². The predicted octanol–water partition coefficient (Wildman–Crippen LogP) is 5.34. The second-order valence-corrected chi connectivity index (χ2v) is 8.82. The van der Waals surface area contributed by atoms with Gasteiger partial charge in [0, 0.05) is 11.3 Å². The number of carbonyl (C=O) groups excluding carboxylic acids is 2. The molecule has 0 saturated heterocycles. The van der Waals surface area contributed by atoms with E-state index in [0.717, 1.165) is 5.56 Å². The highest BCUT2D eigenvalue weighted by Crippen LogP contribution is 2.36. The van der Waals surface area contributed by atoms with Gasteiger partial charge < -0.3 is 24.3 Å². The van der Waals surface area contributed by atoms with E-state index in [1.165, 1.54) is 13.3 Å². The van der Waals surface area contributed by atoms with Crippen LogP contribution in [0.1, 0.15) is 35.3 Å². The number of nitrogens with one attached hydrogen (secondary N) is 2. The van der Waals surface area contributed by atoms with Gasteiger partial charge in [-0.25, -0.2) is 5.43 Å². The Balaban J connectivity index is 1.64. The molecule has 0 aromatic heterocycles. The summed E-state index contributed by atoms with van der Waals surface area (Å²) >= 11 is 3.45. The van der Waals surface area contributed by atoms with Crippen LogP contribution in [0.15, 0.2) is 64.2 Å². The Bertz CT molecular complexity index is 1310. The number of halogens is 1. The summed E-state index contributed by atoms with van der Waals surface area (Å²) in [5.41, 5.74) is 5.24. The van der Waals surface area contributed by atoms with Gasteiger partial charge in [0.05, 0.1) is 31.0 Å². The van der Waals surface area contributed by atoms with Crippen molar-refractivity contribution in [3.05, 3.63) is 75.8 Å². The zero-order valence-corrected chi connectivity index (χ0v) is 23.3. The van der Waals surface area contributed by atoms with E-state index in [1.54, 1.807) is 30.3 Å². The zero-order valence-electron chi connectivity index (χ0n) is 21.7. The summed E-state index contributed by atoms with van der Waals surface area (Å²) in [6.45, 7) is 6.40. The third kappa shape index (κ3) is 7.97. The minimum Gasteiger partial charge on any atom is -0.493 e. The summed E-state index contributed by atoms with van der Waals surface area (Å²) in [5, 5.41) is 6.85. The average molecular weight is 584 g/mol. The number of ether oxygens (including phenoxy) is 4. The summed E-state index contributed by atoms with van der Waals surface area (Å²) in [4.78, 5) is 24.9. The Labute approximate surface area is 230 Å². The van der Waals surface area contributed by atoms with Gasteiger partial charge >= 0.3 is 0 Å². The molecule has 2 N–H and O–H groups in total. The molecule has 3 aromatic rings. The fourth-order valence-electron chi connectivity index (χ4n) is 3.43. The van der Waals surface area contributed by atoms with Crippen molar-refractivity contribution in [3.8, 4) is 23.0 Å². The van der Waals surface area contributed by atoms with Crippen molar-refractivity contribution < 1.29 is 28.5 Å². The number of hydrazone groups is 1. The van der Waals surface area contributed by atoms with E-state index >= 15 is 0 Å². The summed E-state index contributed by atoms with van der Waals surface area (Å²) in [5.74, 6) is 1.11. The van der Waals surface area contributed by atoms with Crippen molar-refractivity contribution in [2.24, 2.45) is 5.10 Å². The summed E-state index contributed by atoms with van der Waals surface area (Å²) in [7, 11) is 1.49. The van der Waals surface area contributed by atoms with Crippen molar-refractivity contribution in [3.63, 3.8) is 0 Å². The molecule has 0 spiro atoms. The van der Waals surface area contributed by atoms with Crippen LogP contribution in [0, 0.1) is 6.92 Å². The number of nitrogens with zero attached hydrogens (tertiary/aromatic N) is 1. The monoisotopic (exact) mass is 583 g/mol. The van der Waals surface area contributed by atoms with Gasteiger partial charge in [-0.1, -0.05) is 12.1 Å². The Hall–Kier alpha value is -4.05. The van der Waals surface area contributed by atoms with E-state index in [1.807, 2.05) is 45.0 Å². The van der Waals surface area contributed by atoms with Gasteiger partial charge in [-0.3, -0.25) is 9.59 Å². The molecule has 0 aliphatic rings. The first-order chi connectivity index (χ1) is 18.3. The van der Waals surface area contributed by atoms with Gasteiger partial charge in [0.1, 0.15) is 0 Å². The topological polar surface area (TPSA) is 107 Å². The molecule has 0 aliphatic heterocycles. The third-order valence-electron chi connectivity index (χ3n) is 5.09. The van der Waals surface area contributed by atoms with Crippen molar-refractivity contribution in [1.29, 1.82) is 0 Å². The maximum atomic E-state index is 12.6. The van der Waals surface area contributed by atoms with Crippen LogP contribution in [-0.4, -0.2) is 45.0 Å². The largest absolute Gasteiger partial charge is 0.493 e. The molecule has 10 heteroatoms. The van der Waals surface area contributed by atoms with E-state index < -0.39 is 5.91 Å². The van der Waals surface area contributed by atoms with Crippen molar-refractivity contribution in [2.45, 2.75) is 20.8 Å². The fourth-order valence-corrected chi connectivity index (χ4v) is 4.01. The summed E-state index contributed by atoms with van der Waals surface area (Å²) in [6, 6.07) is 15.8. The normalized spacial score (nSPS) is 10.7. The fraction of sp³-hybridized carbons (Fsp3) is 0.250. The molecule has 0 saturated carbocycles. The lowest BCUT2D eigenvalue weighted by Gasteiger charge is -2.13. The van der Waals surface area contributed by atoms with Gasteiger partial charge in [0.15, 0.2) is 29.6 Å². The Morgan fingerprint density at radius 1 is 0.947 bits per heavy atom. The van der Waals surface area contributed by atoms with Gasteiger partial charge in [-0.2, -0.15) is 5.10 Å². The lowest BCUT2D eigenvalue weighted by Crippen LogP contribution is -2.20. The first kappa shape index (κ1) is 28.5. The SMILES string of the molecule is CCOc1ccc(C(=O)N/N=C/c2cc(Br)c(OCC(=O)Nc3cccc(C)c3)c(OC)c2)cc1OCC. The maximum Gasteiger partial charge on any atom is 0.271 e. The molecule has 3 aromatic carbocycles. The number of hydrogen-bond acceptors (Lipinski definition) is 7. The highest BCUT2D eigenvalue weighted by Gasteiger charge is 2.14. The molecule has 0 aliphatic carbocycles. The second-order valence-electron chi connectivity index (χ2n) is 7.97. The minimum absolute atomic E-state index is 0.210. The number of benzene rings is 3. The Kier molecular flexibility index (Phi) is 10.5. The van der Waals surface area contributed by atoms with Crippen molar-refractivity contribution >= 4 is 39.6 Å². The maximum absolute atomic E-state index is 12.6. The predicted molar refractivity (Wildman–Crippen MR) is 150 cm³/mol. The van der Waals surface area contributed by atoms with Crippen LogP contribution in [-0.2, 0) is 4.79 Å². The first-order valence-corrected chi connectivity index (χ1v) is 12.7. The number of anilines is 1. The molecule has 0 fully saturated rings. The molecular weight excluding hydrogens is 554 g/mol. The zero-order chi connectivity index (χ0) is 27.5. The molecule has 38 heavy (non-hydrogen) atoms. The molecular formula is C28H30BrN3O6. The summed E-state index contributed by atoms with van der Waals surface area (Å²) < 4.78 is 22.8. The molecule has 200 valence electrons. The first-order valence-electron chi connectivity index (χ1n) is 11.9. The van der Waals surface area contributed by atoms with Gasteiger partial charge in [-0.15, -0.1) is 0 Å². The minimum atomic E-state index is -0.407. The number of hydrogen-bond donors (Lipinski definition) is 2. The van der Waals surface area contributed by atoms with Gasteiger partial charge in [0.25, 0.3) is 11.8 Å². The summed E-state index contributed by atoms with van der Waals surface area (Å²) in [6.07, 6.45) is 1.47. The van der Waals surface area contributed by atoms with E-state index in [0.29, 0.717) is 57.5 Å². The van der Waals surface area contributed by atoms with Gasteiger partial charge in [0.2, 0.25) is 0 Å². The Morgan fingerprint density at radius 3 is 2.42 bits per heavy atom. The molecule has 3 rings (SSSR count). The Morgan fingerprint density at radius 2 is 1.71 bits per heavy atom. The van der Waals surface area contributed by atoms with Crippen molar-refractivity contribution in [2.75, 3.05) is 32.2 Å². The highest BCUT2D eigenvalue weighted by atomic mass is 79.9. The molecule has 0 unspecified atom stereocenters. The van der Waals surface area contributed by atoms with E-state index in [4.69, 9.17) is 18.9 Å². The second kappa shape index (κ2) is 14.0.